The number of amides is 2. The first-order chi connectivity index (χ1) is 11.7. The van der Waals surface area contributed by atoms with E-state index in [0.717, 1.165) is 45.7 Å². The van der Waals surface area contributed by atoms with Gasteiger partial charge in [0.15, 0.2) is 0 Å². The van der Waals surface area contributed by atoms with E-state index in [1.54, 1.807) is 24.3 Å². The Hall–Kier alpha value is -1.92. The van der Waals surface area contributed by atoms with Crippen LogP contribution >= 0.6 is 0 Å². The molecule has 1 saturated heterocycles. The Kier molecular flexibility index (Phi) is 7.71. The number of morpholine rings is 1. The first kappa shape index (κ1) is 18.4. The second-order valence-corrected chi connectivity index (χ2v) is 5.90. The van der Waals surface area contributed by atoms with Gasteiger partial charge in [0, 0.05) is 43.9 Å². The zero-order chi connectivity index (χ0) is 17.2. The molecule has 2 N–H and O–H groups in total. The van der Waals surface area contributed by atoms with Gasteiger partial charge in [0.05, 0.1) is 13.2 Å². The van der Waals surface area contributed by atoms with Crippen molar-refractivity contribution >= 4 is 11.8 Å². The second kappa shape index (κ2) is 10.1. The second-order valence-electron chi connectivity index (χ2n) is 5.90. The van der Waals surface area contributed by atoms with Gasteiger partial charge in [0.2, 0.25) is 0 Å². The summed E-state index contributed by atoms with van der Waals surface area (Å²) in [6.45, 7) is 7.55. The minimum Gasteiger partial charge on any atom is -0.379 e. The van der Waals surface area contributed by atoms with Crippen molar-refractivity contribution in [3.05, 3.63) is 35.4 Å². The number of ether oxygens (including phenoxy) is 1. The van der Waals surface area contributed by atoms with Crippen molar-refractivity contribution in [1.29, 1.82) is 0 Å². The molecule has 0 aliphatic carbocycles. The van der Waals surface area contributed by atoms with Crippen molar-refractivity contribution < 1.29 is 14.3 Å². The molecule has 6 heteroatoms. The van der Waals surface area contributed by atoms with E-state index in [1.807, 2.05) is 0 Å². The molecule has 0 unspecified atom stereocenters. The van der Waals surface area contributed by atoms with E-state index in [2.05, 4.69) is 22.5 Å². The average molecular weight is 333 g/mol. The highest BCUT2D eigenvalue weighted by atomic mass is 16.5. The van der Waals surface area contributed by atoms with Crippen LogP contribution in [0, 0.1) is 0 Å². The number of hydrogen-bond acceptors (Lipinski definition) is 4. The molecule has 0 radical (unpaired) electrons. The minimum atomic E-state index is -0.110. The molecule has 1 aromatic rings. The van der Waals surface area contributed by atoms with Crippen molar-refractivity contribution in [1.82, 2.24) is 15.5 Å². The lowest BCUT2D eigenvalue weighted by Gasteiger charge is -2.26. The van der Waals surface area contributed by atoms with Gasteiger partial charge >= 0.3 is 0 Å². The van der Waals surface area contributed by atoms with Crippen molar-refractivity contribution in [3.8, 4) is 0 Å². The van der Waals surface area contributed by atoms with E-state index in [4.69, 9.17) is 4.74 Å². The molecule has 0 aromatic heterocycles. The molecular weight excluding hydrogens is 306 g/mol. The fraction of sp³-hybridized carbons (Fsp3) is 0.556. The summed E-state index contributed by atoms with van der Waals surface area (Å²) >= 11 is 0. The number of nitrogens with one attached hydrogen (secondary N) is 2. The van der Waals surface area contributed by atoms with Gasteiger partial charge in [-0.1, -0.05) is 13.3 Å². The van der Waals surface area contributed by atoms with Crippen molar-refractivity contribution in [2.75, 3.05) is 45.9 Å². The third-order valence-electron chi connectivity index (χ3n) is 4.04. The van der Waals surface area contributed by atoms with Crippen molar-refractivity contribution in [2.45, 2.75) is 19.8 Å². The van der Waals surface area contributed by atoms with Crippen LogP contribution in [0.4, 0.5) is 0 Å². The highest BCUT2D eigenvalue weighted by Gasteiger charge is 2.11. The SMILES string of the molecule is CCCCNC(=O)c1ccc(C(=O)NCCN2CCOCC2)cc1. The van der Waals surface area contributed by atoms with Crippen LogP contribution in [0.5, 0.6) is 0 Å². The lowest BCUT2D eigenvalue weighted by atomic mass is 10.1. The maximum atomic E-state index is 12.1. The number of unbranched alkanes of at least 4 members (excludes halogenated alkanes) is 1. The van der Waals surface area contributed by atoms with Crippen LogP contribution in [0.15, 0.2) is 24.3 Å². The molecule has 2 rings (SSSR count). The summed E-state index contributed by atoms with van der Waals surface area (Å²) in [7, 11) is 0. The van der Waals surface area contributed by atoms with Crippen LogP contribution in [0.1, 0.15) is 40.5 Å². The van der Waals surface area contributed by atoms with E-state index in [1.165, 1.54) is 0 Å². The third-order valence-corrected chi connectivity index (χ3v) is 4.04. The number of rotatable bonds is 8. The third kappa shape index (κ3) is 5.94. The zero-order valence-electron chi connectivity index (χ0n) is 14.3. The predicted molar refractivity (Wildman–Crippen MR) is 93.3 cm³/mol. The zero-order valence-corrected chi connectivity index (χ0v) is 14.3. The van der Waals surface area contributed by atoms with Gasteiger partial charge in [-0.3, -0.25) is 14.5 Å². The largest absolute Gasteiger partial charge is 0.379 e. The Bertz CT molecular complexity index is 525. The summed E-state index contributed by atoms with van der Waals surface area (Å²) in [4.78, 5) is 26.3. The van der Waals surface area contributed by atoms with Gasteiger partial charge in [0.1, 0.15) is 0 Å². The molecule has 24 heavy (non-hydrogen) atoms. The number of hydrogen-bond donors (Lipinski definition) is 2. The molecular formula is C18H27N3O3. The molecule has 0 spiro atoms. The van der Waals surface area contributed by atoms with Gasteiger partial charge in [-0.05, 0) is 30.7 Å². The summed E-state index contributed by atoms with van der Waals surface area (Å²) in [5.74, 6) is -0.205. The Labute approximate surface area is 143 Å². The van der Waals surface area contributed by atoms with Crippen molar-refractivity contribution in [2.24, 2.45) is 0 Å². The van der Waals surface area contributed by atoms with Crippen LogP contribution in [0.25, 0.3) is 0 Å². The number of benzene rings is 1. The maximum Gasteiger partial charge on any atom is 0.251 e. The fourth-order valence-electron chi connectivity index (χ4n) is 2.51. The molecule has 1 heterocycles. The quantitative estimate of drug-likeness (QED) is 0.703. The van der Waals surface area contributed by atoms with Gasteiger partial charge < -0.3 is 15.4 Å². The fourth-order valence-corrected chi connectivity index (χ4v) is 2.51. The van der Waals surface area contributed by atoms with Crippen LogP contribution in [0.2, 0.25) is 0 Å². The highest BCUT2D eigenvalue weighted by Crippen LogP contribution is 2.05. The van der Waals surface area contributed by atoms with Crippen molar-refractivity contribution in [3.63, 3.8) is 0 Å². The summed E-state index contributed by atoms with van der Waals surface area (Å²) in [5.41, 5.74) is 1.15. The van der Waals surface area contributed by atoms with Gasteiger partial charge in [-0.15, -0.1) is 0 Å². The molecule has 2 amide bonds. The lowest BCUT2D eigenvalue weighted by Crippen LogP contribution is -2.41. The molecule has 1 aliphatic rings. The van der Waals surface area contributed by atoms with E-state index in [-0.39, 0.29) is 11.8 Å². The molecule has 0 saturated carbocycles. The molecule has 0 atom stereocenters. The summed E-state index contributed by atoms with van der Waals surface area (Å²) in [6.07, 6.45) is 2.01. The van der Waals surface area contributed by atoms with Crippen LogP contribution in [-0.4, -0.2) is 62.7 Å². The topological polar surface area (TPSA) is 70.7 Å². The Morgan fingerprint density at radius 3 is 2.08 bits per heavy atom. The monoisotopic (exact) mass is 333 g/mol. The number of carbonyl (C=O) groups is 2. The van der Waals surface area contributed by atoms with Crippen LogP contribution in [-0.2, 0) is 4.74 Å². The molecule has 0 bridgehead atoms. The predicted octanol–water partition coefficient (Wildman–Crippen LogP) is 1.28. The standard InChI is InChI=1S/C18H27N3O3/c1-2-3-8-19-17(22)15-4-6-16(7-5-15)18(23)20-9-10-21-11-13-24-14-12-21/h4-7H,2-3,8-14H2,1H3,(H,19,22)(H,20,23). The smallest absolute Gasteiger partial charge is 0.251 e. The summed E-state index contributed by atoms with van der Waals surface area (Å²) in [5, 5.41) is 5.78. The number of carbonyl (C=O) groups excluding carboxylic acids is 2. The Balaban J connectivity index is 1.74. The Morgan fingerprint density at radius 1 is 1.00 bits per heavy atom. The normalized spacial score (nSPS) is 15.0. The average Bonchev–Trinajstić information content (AvgIpc) is 2.63. The molecule has 1 fully saturated rings. The lowest BCUT2D eigenvalue weighted by molar-refractivity contribution is 0.0383. The first-order valence-corrected chi connectivity index (χ1v) is 8.67. The summed E-state index contributed by atoms with van der Waals surface area (Å²) in [6, 6.07) is 6.77. The molecule has 132 valence electrons. The van der Waals surface area contributed by atoms with Gasteiger partial charge in [0.25, 0.3) is 11.8 Å². The number of nitrogens with zero attached hydrogens (tertiary/aromatic N) is 1. The first-order valence-electron chi connectivity index (χ1n) is 8.67. The van der Waals surface area contributed by atoms with Gasteiger partial charge in [-0.2, -0.15) is 0 Å². The van der Waals surface area contributed by atoms with E-state index >= 15 is 0 Å². The summed E-state index contributed by atoms with van der Waals surface area (Å²) < 4.78 is 5.30. The van der Waals surface area contributed by atoms with Crippen LogP contribution in [0.3, 0.4) is 0 Å². The maximum absolute atomic E-state index is 12.1. The highest BCUT2D eigenvalue weighted by molar-refractivity contribution is 5.97. The van der Waals surface area contributed by atoms with E-state index in [0.29, 0.717) is 24.2 Å². The van der Waals surface area contributed by atoms with Crippen LogP contribution < -0.4 is 10.6 Å². The van der Waals surface area contributed by atoms with E-state index < -0.39 is 0 Å². The Morgan fingerprint density at radius 2 is 1.54 bits per heavy atom. The molecule has 1 aromatic carbocycles. The molecule has 6 nitrogen and oxygen atoms in total. The van der Waals surface area contributed by atoms with E-state index in [9.17, 15) is 9.59 Å². The molecule has 1 aliphatic heterocycles. The minimum absolute atomic E-state index is 0.0947. The van der Waals surface area contributed by atoms with Gasteiger partial charge in [-0.25, -0.2) is 0 Å².